The van der Waals surface area contributed by atoms with E-state index in [9.17, 15) is 4.79 Å². The number of amides is 1. The molecule has 4 rings (SSSR count). The van der Waals surface area contributed by atoms with Gasteiger partial charge in [0.05, 0.1) is 12.1 Å². The summed E-state index contributed by atoms with van der Waals surface area (Å²) in [4.78, 5) is 22.0. The third-order valence-corrected chi connectivity index (χ3v) is 6.99. The molecule has 0 spiro atoms. The van der Waals surface area contributed by atoms with Crippen LogP contribution in [0.25, 0.3) is 10.6 Å². The largest absolute Gasteiger partial charge is 0.326 e. The van der Waals surface area contributed by atoms with E-state index in [1.807, 2.05) is 30.5 Å². The molecule has 0 atom stereocenters. The summed E-state index contributed by atoms with van der Waals surface area (Å²) in [5, 5.41) is 5.91. The van der Waals surface area contributed by atoms with Crippen molar-refractivity contribution in [3.63, 3.8) is 0 Å². The maximum absolute atomic E-state index is 12.5. The molecule has 5 nitrogen and oxygen atoms in total. The summed E-state index contributed by atoms with van der Waals surface area (Å²) in [5.74, 6) is -0.0511. The van der Waals surface area contributed by atoms with Gasteiger partial charge in [0.25, 0.3) is 0 Å². The SMILES string of the molecule is Cc1cc(Br)ccc1NC(=O)Cc1csc(-c2ccc(CN3CCN(C)CC3)cc2)n1. The molecular formula is C24H27BrN4OS. The molecule has 31 heavy (non-hydrogen) atoms. The number of hydrogen-bond donors (Lipinski definition) is 1. The van der Waals surface area contributed by atoms with Gasteiger partial charge in [-0.2, -0.15) is 0 Å². The maximum atomic E-state index is 12.5. The fraction of sp³-hybridized carbons (Fsp3) is 0.333. The third kappa shape index (κ3) is 6.01. The van der Waals surface area contributed by atoms with Crippen molar-refractivity contribution in [1.29, 1.82) is 0 Å². The first-order valence-electron chi connectivity index (χ1n) is 10.5. The van der Waals surface area contributed by atoms with Crippen molar-refractivity contribution in [2.24, 2.45) is 0 Å². The fourth-order valence-electron chi connectivity index (χ4n) is 3.66. The molecule has 1 aromatic heterocycles. The Morgan fingerprint density at radius 1 is 1.13 bits per heavy atom. The van der Waals surface area contributed by atoms with Crippen LogP contribution in [0, 0.1) is 6.92 Å². The number of aryl methyl sites for hydroxylation is 1. The van der Waals surface area contributed by atoms with E-state index < -0.39 is 0 Å². The van der Waals surface area contributed by atoms with Crippen LogP contribution >= 0.6 is 27.3 Å². The highest BCUT2D eigenvalue weighted by molar-refractivity contribution is 9.10. The Morgan fingerprint density at radius 3 is 2.58 bits per heavy atom. The minimum Gasteiger partial charge on any atom is -0.326 e. The Morgan fingerprint density at radius 2 is 1.87 bits per heavy atom. The summed E-state index contributed by atoms with van der Waals surface area (Å²) in [6.45, 7) is 7.48. The predicted molar refractivity (Wildman–Crippen MR) is 132 cm³/mol. The summed E-state index contributed by atoms with van der Waals surface area (Å²) in [6.07, 6.45) is 0.271. The monoisotopic (exact) mass is 498 g/mol. The van der Waals surface area contributed by atoms with Gasteiger partial charge in [-0.1, -0.05) is 40.2 Å². The van der Waals surface area contributed by atoms with Crippen LogP contribution in [0.15, 0.2) is 52.3 Å². The number of aromatic nitrogens is 1. The second kappa shape index (κ2) is 10.0. The number of carbonyl (C=O) groups excluding carboxylic acids is 1. The van der Waals surface area contributed by atoms with Gasteiger partial charge in [-0.25, -0.2) is 4.98 Å². The molecule has 1 aliphatic rings. The van der Waals surface area contributed by atoms with Gasteiger partial charge < -0.3 is 10.2 Å². The minimum atomic E-state index is -0.0511. The lowest BCUT2D eigenvalue weighted by atomic mass is 10.1. The van der Waals surface area contributed by atoms with Gasteiger partial charge in [0.2, 0.25) is 5.91 Å². The normalized spacial score (nSPS) is 15.2. The van der Waals surface area contributed by atoms with Gasteiger partial charge in [0, 0.05) is 53.8 Å². The molecule has 1 saturated heterocycles. The lowest BCUT2D eigenvalue weighted by molar-refractivity contribution is -0.115. The molecule has 1 amide bonds. The van der Waals surface area contributed by atoms with Crippen LogP contribution in [0.4, 0.5) is 5.69 Å². The number of halogens is 1. The van der Waals surface area contributed by atoms with E-state index in [1.54, 1.807) is 11.3 Å². The second-order valence-corrected chi connectivity index (χ2v) is 9.88. The highest BCUT2D eigenvalue weighted by atomic mass is 79.9. The Kier molecular flexibility index (Phi) is 7.17. The molecule has 0 radical (unpaired) electrons. The van der Waals surface area contributed by atoms with Gasteiger partial charge in [-0.15, -0.1) is 11.3 Å². The lowest BCUT2D eigenvalue weighted by Gasteiger charge is -2.32. The molecular weight excluding hydrogens is 472 g/mol. The number of likely N-dealkylation sites (N-methyl/N-ethyl adjacent to an activating group) is 1. The van der Waals surface area contributed by atoms with Crippen LogP contribution in [0.5, 0.6) is 0 Å². The van der Waals surface area contributed by atoms with Crippen LogP contribution in [-0.2, 0) is 17.8 Å². The highest BCUT2D eigenvalue weighted by Gasteiger charge is 2.14. The molecule has 2 heterocycles. The number of hydrogen-bond acceptors (Lipinski definition) is 5. The summed E-state index contributed by atoms with van der Waals surface area (Å²) in [7, 11) is 2.18. The number of piperazine rings is 1. The van der Waals surface area contributed by atoms with Crippen molar-refractivity contribution < 1.29 is 4.79 Å². The van der Waals surface area contributed by atoms with Gasteiger partial charge in [0.1, 0.15) is 5.01 Å². The fourth-order valence-corrected chi connectivity index (χ4v) is 4.97. The Labute approximate surface area is 196 Å². The quantitative estimate of drug-likeness (QED) is 0.529. The molecule has 1 aliphatic heterocycles. The van der Waals surface area contributed by atoms with Gasteiger partial charge in [-0.3, -0.25) is 9.69 Å². The third-order valence-electron chi connectivity index (χ3n) is 5.56. The number of benzene rings is 2. The number of nitrogens with one attached hydrogen (secondary N) is 1. The number of carbonyl (C=O) groups is 1. The topological polar surface area (TPSA) is 48.5 Å². The van der Waals surface area contributed by atoms with Crippen LogP contribution in [0.3, 0.4) is 0 Å². The molecule has 0 saturated carbocycles. The number of nitrogens with zero attached hydrogens (tertiary/aromatic N) is 3. The molecule has 1 fully saturated rings. The molecule has 0 bridgehead atoms. The molecule has 1 N–H and O–H groups in total. The van der Waals surface area contributed by atoms with Crippen LogP contribution in [0.2, 0.25) is 0 Å². The first-order valence-corrected chi connectivity index (χ1v) is 12.1. The zero-order valence-corrected chi connectivity index (χ0v) is 20.3. The van der Waals surface area contributed by atoms with Gasteiger partial charge in [0.15, 0.2) is 0 Å². The first-order chi connectivity index (χ1) is 15.0. The molecule has 7 heteroatoms. The van der Waals surface area contributed by atoms with E-state index in [0.29, 0.717) is 0 Å². The maximum Gasteiger partial charge on any atom is 0.230 e. The summed E-state index contributed by atoms with van der Waals surface area (Å²) >= 11 is 5.03. The zero-order valence-electron chi connectivity index (χ0n) is 17.9. The first kappa shape index (κ1) is 22.1. The van der Waals surface area contributed by atoms with Gasteiger partial charge in [-0.05, 0) is 43.3 Å². The van der Waals surface area contributed by atoms with E-state index in [-0.39, 0.29) is 12.3 Å². The van der Waals surface area contributed by atoms with Crippen molar-refractivity contribution in [2.45, 2.75) is 19.9 Å². The van der Waals surface area contributed by atoms with E-state index in [4.69, 9.17) is 0 Å². The lowest BCUT2D eigenvalue weighted by Crippen LogP contribution is -2.43. The van der Waals surface area contributed by atoms with E-state index in [2.05, 4.69) is 67.3 Å². The smallest absolute Gasteiger partial charge is 0.230 e. The standard InChI is InChI=1S/C24H27BrN4OS/c1-17-13-20(25)7-8-22(17)27-23(30)14-21-16-31-24(26-21)19-5-3-18(4-6-19)15-29-11-9-28(2)10-12-29/h3-8,13,16H,9-12,14-15H2,1-2H3,(H,27,30). The molecule has 0 unspecified atom stereocenters. The van der Waals surface area contributed by atoms with Gasteiger partial charge >= 0.3 is 0 Å². The van der Waals surface area contributed by atoms with Crippen molar-refractivity contribution in [2.75, 3.05) is 38.5 Å². The average Bonchev–Trinajstić information content (AvgIpc) is 3.21. The number of anilines is 1. The summed E-state index contributed by atoms with van der Waals surface area (Å²) in [6, 6.07) is 14.5. The molecule has 0 aliphatic carbocycles. The Hall–Kier alpha value is -2.06. The van der Waals surface area contributed by atoms with Crippen molar-refractivity contribution >= 4 is 38.9 Å². The highest BCUT2D eigenvalue weighted by Crippen LogP contribution is 2.25. The Balaban J connectivity index is 1.34. The van der Waals surface area contributed by atoms with Crippen LogP contribution in [0.1, 0.15) is 16.8 Å². The minimum absolute atomic E-state index is 0.0511. The Bertz CT molecular complexity index is 1040. The van der Waals surface area contributed by atoms with Crippen LogP contribution in [-0.4, -0.2) is 53.9 Å². The van der Waals surface area contributed by atoms with E-state index >= 15 is 0 Å². The van der Waals surface area contributed by atoms with Crippen molar-refractivity contribution in [3.05, 3.63) is 69.1 Å². The number of thiazole rings is 1. The summed E-state index contributed by atoms with van der Waals surface area (Å²) < 4.78 is 1.00. The van der Waals surface area contributed by atoms with Crippen LogP contribution < -0.4 is 5.32 Å². The van der Waals surface area contributed by atoms with Crippen molar-refractivity contribution in [1.82, 2.24) is 14.8 Å². The predicted octanol–water partition coefficient (Wildman–Crippen LogP) is 4.81. The van der Waals surface area contributed by atoms with Crippen molar-refractivity contribution in [3.8, 4) is 10.6 Å². The molecule has 162 valence electrons. The summed E-state index contributed by atoms with van der Waals surface area (Å²) in [5.41, 5.74) is 5.09. The molecule has 3 aromatic rings. The van der Waals surface area contributed by atoms with E-state index in [0.717, 1.165) is 64.7 Å². The van der Waals surface area contributed by atoms with E-state index in [1.165, 1.54) is 5.56 Å². The second-order valence-electron chi connectivity index (χ2n) is 8.10. The average molecular weight is 499 g/mol. The zero-order chi connectivity index (χ0) is 21.8. The number of rotatable bonds is 6. The molecule has 2 aromatic carbocycles.